The summed E-state index contributed by atoms with van der Waals surface area (Å²) in [5, 5.41) is 18.6. The van der Waals surface area contributed by atoms with Crippen molar-refractivity contribution in [2.45, 2.75) is 32.4 Å². The highest BCUT2D eigenvalue weighted by atomic mass is 16.5. The first-order valence-corrected chi connectivity index (χ1v) is 6.78. The summed E-state index contributed by atoms with van der Waals surface area (Å²) in [5.41, 5.74) is 2.05. The number of benzene rings is 1. The Labute approximate surface area is 122 Å². The first-order chi connectivity index (χ1) is 9.86. The van der Waals surface area contributed by atoms with Gasteiger partial charge in [-0.05, 0) is 37.1 Å². The summed E-state index contributed by atoms with van der Waals surface area (Å²) in [6.07, 6.45) is -0.735. The number of hydrogen-bond donors (Lipinski definition) is 2. The van der Waals surface area contributed by atoms with Gasteiger partial charge in [-0.25, -0.2) is 4.79 Å². The topological polar surface area (TPSA) is 87.1 Å². The summed E-state index contributed by atoms with van der Waals surface area (Å²) >= 11 is 0. The SMILES string of the molecule is Cc1cc(C)cc(OCC(=O)N2C[C@@H](O)C[C@H]2C(=O)O)c1. The van der Waals surface area contributed by atoms with Crippen LogP contribution in [0.25, 0.3) is 0 Å². The highest BCUT2D eigenvalue weighted by molar-refractivity contribution is 5.85. The van der Waals surface area contributed by atoms with E-state index in [4.69, 9.17) is 9.84 Å². The molecule has 0 spiro atoms. The van der Waals surface area contributed by atoms with E-state index in [9.17, 15) is 14.7 Å². The number of nitrogens with zero attached hydrogens (tertiary/aromatic N) is 1. The van der Waals surface area contributed by atoms with Gasteiger partial charge in [-0.2, -0.15) is 0 Å². The van der Waals surface area contributed by atoms with Crippen LogP contribution in [0, 0.1) is 13.8 Å². The number of likely N-dealkylation sites (tertiary alicyclic amines) is 1. The number of rotatable bonds is 4. The molecule has 1 heterocycles. The summed E-state index contributed by atoms with van der Waals surface area (Å²) < 4.78 is 5.44. The number of amides is 1. The number of carbonyl (C=O) groups is 2. The number of aliphatic hydroxyl groups excluding tert-OH is 1. The lowest BCUT2D eigenvalue weighted by atomic mass is 10.1. The molecule has 0 saturated carbocycles. The molecular weight excluding hydrogens is 274 g/mol. The number of aryl methyl sites for hydroxylation is 2. The molecule has 21 heavy (non-hydrogen) atoms. The minimum atomic E-state index is -1.11. The highest BCUT2D eigenvalue weighted by Crippen LogP contribution is 2.20. The van der Waals surface area contributed by atoms with E-state index >= 15 is 0 Å². The van der Waals surface area contributed by atoms with Crippen molar-refractivity contribution in [1.82, 2.24) is 4.90 Å². The molecule has 1 saturated heterocycles. The number of carboxylic acids is 1. The third kappa shape index (κ3) is 3.72. The minimum absolute atomic E-state index is 0.0337. The van der Waals surface area contributed by atoms with Gasteiger partial charge in [0, 0.05) is 13.0 Å². The zero-order chi connectivity index (χ0) is 15.6. The number of ether oxygens (including phenoxy) is 1. The Balaban J connectivity index is 1.99. The van der Waals surface area contributed by atoms with Crippen LogP contribution < -0.4 is 4.74 Å². The van der Waals surface area contributed by atoms with Crippen LogP contribution in [0.2, 0.25) is 0 Å². The number of hydrogen-bond acceptors (Lipinski definition) is 4. The quantitative estimate of drug-likeness (QED) is 0.854. The first kappa shape index (κ1) is 15.3. The molecule has 0 radical (unpaired) electrons. The molecule has 0 bridgehead atoms. The molecule has 1 aliphatic heterocycles. The molecule has 1 aliphatic rings. The van der Waals surface area contributed by atoms with E-state index in [2.05, 4.69) is 0 Å². The van der Waals surface area contributed by atoms with Gasteiger partial charge in [-0.15, -0.1) is 0 Å². The number of carbonyl (C=O) groups excluding carboxylic acids is 1. The first-order valence-electron chi connectivity index (χ1n) is 6.78. The maximum absolute atomic E-state index is 12.1. The number of β-amino-alcohol motifs (C(OH)–C–C–N with tert-alkyl or cyclic N) is 1. The van der Waals surface area contributed by atoms with Crippen molar-refractivity contribution in [3.63, 3.8) is 0 Å². The molecule has 6 heteroatoms. The van der Waals surface area contributed by atoms with Crippen LogP contribution in [0.1, 0.15) is 17.5 Å². The van der Waals surface area contributed by atoms with Crippen molar-refractivity contribution in [3.05, 3.63) is 29.3 Å². The van der Waals surface area contributed by atoms with E-state index in [0.717, 1.165) is 16.0 Å². The second kappa shape index (κ2) is 6.13. The van der Waals surface area contributed by atoms with Gasteiger partial charge in [-0.1, -0.05) is 6.07 Å². The molecule has 1 aromatic carbocycles. The van der Waals surface area contributed by atoms with Gasteiger partial charge in [0.1, 0.15) is 11.8 Å². The van der Waals surface area contributed by atoms with Crippen molar-refractivity contribution in [3.8, 4) is 5.75 Å². The molecule has 2 N–H and O–H groups in total. The van der Waals surface area contributed by atoms with Crippen molar-refractivity contribution < 1.29 is 24.5 Å². The van der Waals surface area contributed by atoms with Crippen LogP contribution in [0.15, 0.2) is 18.2 Å². The van der Waals surface area contributed by atoms with Crippen LogP contribution in [0.5, 0.6) is 5.75 Å². The molecule has 1 amide bonds. The molecule has 1 fully saturated rings. The smallest absolute Gasteiger partial charge is 0.326 e. The van der Waals surface area contributed by atoms with Crippen molar-refractivity contribution in [2.75, 3.05) is 13.2 Å². The summed E-state index contributed by atoms with van der Waals surface area (Å²) in [6.45, 7) is 3.66. The third-order valence-electron chi connectivity index (χ3n) is 3.44. The number of carboxylic acid groups (broad SMARTS) is 1. The monoisotopic (exact) mass is 293 g/mol. The standard InChI is InChI=1S/C15H19NO5/c1-9-3-10(2)5-12(4-9)21-8-14(18)16-7-11(17)6-13(16)15(19)20/h3-5,11,13,17H,6-8H2,1-2H3,(H,19,20)/t11-,13-/m0/s1. The zero-order valence-corrected chi connectivity index (χ0v) is 12.1. The van der Waals surface area contributed by atoms with Crippen LogP contribution in [-0.4, -0.2) is 52.3 Å². The average molecular weight is 293 g/mol. The van der Waals surface area contributed by atoms with Gasteiger partial charge in [0.15, 0.2) is 6.61 Å². The summed E-state index contributed by atoms with van der Waals surface area (Å²) in [4.78, 5) is 24.3. The Morgan fingerprint density at radius 3 is 2.48 bits per heavy atom. The van der Waals surface area contributed by atoms with E-state index in [1.807, 2.05) is 32.0 Å². The van der Waals surface area contributed by atoms with Crippen molar-refractivity contribution in [2.24, 2.45) is 0 Å². The van der Waals surface area contributed by atoms with Crippen LogP contribution in [0.4, 0.5) is 0 Å². The molecular formula is C15H19NO5. The second-order valence-electron chi connectivity index (χ2n) is 5.40. The number of aliphatic carboxylic acids is 1. The Morgan fingerprint density at radius 1 is 1.29 bits per heavy atom. The second-order valence-corrected chi connectivity index (χ2v) is 5.40. The van der Waals surface area contributed by atoms with E-state index in [0.29, 0.717) is 5.75 Å². The lowest BCUT2D eigenvalue weighted by Crippen LogP contribution is -2.42. The fraction of sp³-hybridized carbons (Fsp3) is 0.467. The van der Waals surface area contributed by atoms with Crippen molar-refractivity contribution >= 4 is 11.9 Å². The van der Waals surface area contributed by atoms with Crippen LogP contribution >= 0.6 is 0 Å². The molecule has 2 rings (SSSR count). The lowest BCUT2D eigenvalue weighted by Gasteiger charge is -2.21. The van der Waals surface area contributed by atoms with Gasteiger partial charge >= 0.3 is 5.97 Å². The summed E-state index contributed by atoms with van der Waals surface area (Å²) in [6, 6.07) is 4.64. The fourth-order valence-electron chi connectivity index (χ4n) is 2.57. The van der Waals surface area contributed by atoms with Crippen LogP contribution in [-0.2, 0) is 9.59 Å². The molecule has 0 unspecified atom stereocenters. The molecule has 2 atom stereocenters. The predicted molar refractivity (Wildman–Crippen MR) is 75.2 cm³/mol. The van der Waals surface area contributed by atoms with Crippen molar-refractivity contribution in [1.29, 1.82) is 0 Å². The maximum atomic E-state index is 12.1. The summed E-state index contributed by atoms with van der Waals surface area (Å²) in [5.74, 6) is -0.961. The Kier molecular flexibility index (Phi) is 4.47. The van der Waals surface area contributed by atoms with Gasteiger partial charge in [0.05, 0.1) is 6.10 Å². The molecule has 6 nitrogen and oxygen atoms in total. The van der Waals surface area contributed by atoms with E-state index < -0.39 is 24.0 Å². The number of aliphatic hydroxyl groups is 1. The third-order valence-corrected chi connectivity index (χ3v) is 3.44. The normalized spacial score (nSPS) is 21.4. The Hall–Kier alpha value is -2.08. The summed E-state index contributed by atoms with van der Waals surface area (Å²) in [7, 11) is 0. The van der Waals surface area contributed by atoms with Gasteiger partial charge in [-0.3, -0.25) is 4.79 Å². The lowest BCUT2D eigenvalue weighted by molar-refractivity contribution is -0.148. The maximum Gasteiger partial charge on any atom is 0.326 e. The fourth-order valence-corrected chi connectivity index (χ4v) is 2.57. The van der Waals surface area contributed by atoms with E-state index in [1.165, 1.54) is 0 Å². The predicted octanol–water partition coefficient (Wildman–Crippen LogP) is 0.729. The van der Waals surface area contributed by atoms with E-state index in [-0.39, 0.29) is 19.6 Å². The molecule has 0 aliphatic carbocycles. The average Bonchev–Trinajstić information content (AvgIpc) is 2.77. The largest absolute Gasteiger partial charge is 0.484 e. The Bertz CT molecular complexity index is 537. The Morgan fingerprint density at radius 2 is 1.90 bits per heavy atom. The minimum Gasteiger partial charge on any atom is -0.484 e. The molecule has 114 valence electrons. The van der Waals surface area contributed by atoms with Gasteiger partial charge < -0.3 is 19.8 Å². The molecule has 1 aromatic rings. The van der Waals surface area contributed by atoms with Crippen LogP contribution in [0.3, 0.4) is 0 Å². The molecule has 0 aromatic heterocycles. The van der Waals surface area contributed by atoms with E-state index in [1.54, 1.807) is 0 Å². The van der Waals surface area contributed by atoms with Gasteiger partial charge in [0.2, 0.25) is 0 Å². The van der Waals surface area contributed by atoms with Gasteiger partial charge in [0.25, 0.3) is 5.91 Å². The zero-order valence-electron chi connectivity index (χ0n) is 12.1. The highest BCUT2D eigenvalue weighted by Gasteiger charge is 2.38.